The van der Waals surface area contributed by atoms with Gasteiger partial charge in [-0.05, 0) is 30.7 Å². The summed E-state index contributed by atoms with van der Waals surface area (Å²) in [5.74, 6) is -0.354. The molecule has 0 bridgehead atoms. The minimum Gasteiger partial charge on any atom is -0.378 e. The lowest BCUT2D eigenvalue weighted by Gasteiger charge is -2.26. The lowest BCUT2D eigenvalue weighted by Crippen LogP contribution is -2.41. The second kappa shape index (κ2) is 4.92. The molecule has 0 saturated carbocycles. The molecule has 2 N–H and O–H groups in total. The van der Waals surface area contributed by atoms with Gasteiger partial charge in [-0.2, -0.15) is 0 Å². The summed E-state index contributed by atoms with van der Waals surface area (Å²) >= 11 is 5.79. The van der Waals surface area contributed by atoms with Crippen LogP contribution < -0.4 is 5.32 Å². The molecular weight excluding hydrogens is 280 g/mol. The molecule has 1 amide bonds. The fraction of sp³-hybridized carbons (Fsp3) is 0.286. The molecule has 104 valence electrons. The predicted octanol–water partition coefficient (Wildman–Crippen LogP) is 0.931. The molecule has 0 spiro atoms. The van der Waals surface area contributed by atoms with E-state index in [1.54, 1.807) is 24.3 Å². The molecule has 3 rings (SSSR count). The molecule has 1 unspecified atom stereocenters. The second-order valence-electron chi connectivity index (χ2n) is 4.77. The Bertz CT molecular complexity index is 609. The van der Waals surface area contributed by atoms with Crippen LogP contribution in [0.4, 0.5) is 0 Å². The third kappa shape index (κ3) is 1.99. The molecule has 1 aromatic carbocycles. The summed E-state index contributed by atoms with van der Waals surface area (Å²) in [7, 11) is 0. The van der Waals surface area contributed by atoms with E-state index < -0.39 is 12.0 Å². The van der Waals surface area contributed by atoms with Crippen LogP contribution in [0.1, 0.15) is 16.8 Å². The van der Waals surface area contributed by atoms with Crippen molar-refractivity contribution in [2.24, 2.45) is 0 Å². The van der Waals surface area contributed by atoms with E-state index in [0.29, 0.717) is 29.5 Å². The van der Waals surface area contributed by atoms with Crippen molar-refractivity contribution in [3.05, 3.63) is 46.2 Å². The van der Waals surface area contributed by atoms with Crippen molar-refractivity contribution in [2.75, 3.05) is 13.1 Å². The van der Waals surface area contributed by atoms with Gasteiger partial charge in [0.15, 0.2) is 11.9 Å². The van der Waals surface area contributed by atoms with Gasteiger partial charge in [0.05, 0.1) is 5.57 Å². The van der Waals surface area contributed by atoms with Crippen LogP contribution in [0.25, 0.3) is 0 Å². The average molecular weight is 293 g/mol. The minimum atomic E-state index is -1.39. The number of aliphatic hydroxyl groups excluding tert-OH is 1. The fourth-order valence-electron chi connectivity index (χ4n) is 2.50. The largest absolute Gasteiger partial charge is 0.378 e. The topological polar surface area (TPSA) is 69.6 Å². The van der Waals surface area contributed by atoms with Gasteiger partial charge < -0.3 is 10.4 Å². The van der Waals surface area contributed by atoms with E-state index in [1.165, 1.54) is 4.90 Å². The number of ketones is 1. The van der Waals surface area contributed by atoms with Crippen molar-refractivity contribution >= 4 is 23.3 Å². The number of benzene rings is 1. The minimum absolute atomic E-state index is 0.122. The van der Waals surface area contributed by atoms with Gasteiger partial charge in [-0.3, -0.25) is 14.5 Å². The Morgan fingerprint density at radius 1 is 1.35 bits per heavy atom. The number of hydrogen-bond acceptors (Lipinski definition) is 4. The van der Waals surface area contributed by atoms with Gasteiger partial charge in [0.1, 0.15) is 5.82 Å². The van der Waals surface area contributed by atoms with E-state index in [4.69, 9.17) is 11.6 Å². The zero-order chi connectivity index (χ0) is 14.3. The predicted molar refractivity (Wildman–Crippen MR) is 73.1 cm³/mol. The summed E-state index contributed by atoms with van der Waals surface area (Å²) in [5.41, 5.74) is 0.523. The highest BCUT2D eigenvalue weighted by Gasteiger charge is 2.42. The lowest BCUT2D eigenvalue weighted by atomic mass is 10.0. The molecule has 2 aliphatic heterocycles. The van der Waals surface area contributed by atoms with E-state index in [-0.39, 0.29) is 11.4 Å². The molecule has 1 saturated heterocycles. The Balaban J connectivity index is 2.01. The molecule has 1 atom stereocenters. The van der Waals surface area contributed by atoms with Crippen LogP contribution in [0.3, 0.4) is 0 Å². The van der Waals surface area contributed by atoms with Crippen molar-refractivity contribution in [3.8, 4) is 0 Å². The number of Topliss-reactive ketones (excluding diaryl/α,β-unsaturated/α-hetero) is 1. The highest BCUT2D eigenvalue weighted by Crippen LogP contribution is 2.28. The van der Waals surface area contributed by atoms with Crippen molar-refractivity contribution in [3.63, 3.8) is 0 Å². The van der Waals surface area contributed by atoms with Gasteiger partial charge in [-0.1, -0.05) is 11.6 Å². The molecule has 0 aliphatic carbocycles. The summed E-state index contributed by atoms with van der Waals surface area (Å²) in [6.07, 6.45) is -0.594. The number of fused-ring (bicyclic) bond motifs is 1. The van der Waals surface area contributed by atoms with E-state index in [0.717, 1.165) is 6.42 Å². The lowest BCUT2D eigenvalue weighted by molar-refractivity contribution is -0.134. The highest BCUT2D eigenvalue weighted by atomic mass is 35.5. The number of aliphatic hydroxyl groups is 1. The van der Waals surface area contributed by atoms with E-state index >= 15 is 0 Å². The van der Waals surface area contributed by atoms with Gasteiger partial charge in [-0.25, -0.2) is 0 Å². The monoisotopic (exact) mass is 292 g/mol. The summed E-state index contributed by atoms with van der Waals surface area (Å²) in [5, 5.41) is 13.6. The standard InChI is InChI=1S/C14H13ClN2O3/c15-9-4-2-8(3-5-9)11(18)10-12(19)14(20)17-7-1-6-16-13(10)17/h2-5,12,16,19H,1,6-7H2. The third-order valence-corrected chi connectivity index (χ3v) is 3.75. The first-order valence-electron chi connectivity index (χ1n) is 6.37. The fourth-order valence-corrected chi connectivity index (χ4v) is 2.63. The first kappa shape index (κ1) is 13.1. The maximum absolute atomic E-state index is 12.5. The number of carbonyl (C=O) groups is 2. The first-order chi connectivity index (χ1) is 9.59. The summed E-state index contributed by atoms with van der Waals surface area (Å²) in [6, 6.07) is 6.38. The zero-order valence-electron chi connectivity index (χ0n) is 10.6. The number of carbonyl (C=O) groups excluding carboxylic acids is 2. The van der Waals surface area contributed by atoms with Crippen LogP contribution in [0, 0.1) is 0 Å². The highest BCUT2D eigenvalue weighted by molar-refractivity contribution is 6.30. The summed E-state index contributed by atoms with van der Waals surface area (Å²) < 4.78 is 0. The SMILES string of the molecule is O=C(C1=C2NCCCN2C(=O)C1O)c1ccc(Cl)cc1. The summed E-state index contributed by atoms with van der Waals surface area (Å²) in [6.45, 7) is 1.21. The zero-order valence-corrected chi connectivity index (χ0v) is 11.4. The molecule has 6 heteroatoms. The van der Waals surface area contributed by atoms with Gasteiger partial charge >= 0.3 is 0 Å². The molecule has 0 aromatic heterocycles. The number of halogens is 1. The van der Waals surface area contributed by atoms with Gasteiger partial charge in [0.2, 0.25) is 0 Å². The molecule has 1 fully saturated rings. The van der Waals surface area contributed by atoms with Crippen LogP contribution in [0.5, 0.6) is 0 Å². The van der Waals surface area contributed by atoms with Gasteiger partial charge in [-0.15, -0.1) is 0 Å². The van der Waals surface area contributed by atoms with Crippen LogP contribution in [-0.4, -0.2) is 40.9 Å². The van der Waals surface area contributed by atoms with Crippen molar-refractivity contribution in [1.82, 2.24) is 10.2 Å². The van der Waals surface area contributed by atoms with E-state index in [2.05, 4.69) is 5.32 Å². The van der Waals surface area contributed by atoms with E-state index in [1.807, 2.05) is 0 Å². The molecule has 20 heavy (non-hydrogen) atoms. The van der Waals surface area contributed by atoms with Crippen molar-refractivity contribution in [1.29, 1.82) is 0 Å². The third-order valence-electron chi connectivity index (χ3n) is 3.50. The maximum atomic E-state index is 12.5. The molecule has 1 aromatic rings. The Morgan fingerprint density at radius 2 is 2.05 bits per heavy atom. The van der Waals surface area contributed by atoms with Crippen LogP contribution >= 0.6 is 11.6 Å². The number of nitrogens with one attached hydrogen (secondary N) is 1. The molecule has 2 heterocycles. The Morgan fingerprint density at radius 3 is 2.75 bits per heavy atom. The van der Waals surface area contributed by atoms with Crippen LogP contribution in [0.2, 0.25) is 5.02 Å². The van der Waals surface area contributed by atoms with Crippen molar-refractivity contribution in [2.45, 2.75) is 12.5 Å². The normalized spacial score (nSPS) is 21.8. The van der Waals surface area contributed by atoms with Crippen LogP contribution in [-0.2, 0) is 4.79 Å². The first-order valence-corrected chi connectivity index (χ1v) is 6.75. The van der Waals surface area contributed by atoms with Gasteiger partial charge in [0, 0.05) is 23.7 Å². The maximum Gasteiger partial charge on any atom is 0.261 e. The molecular formula is C14H13ClN2O3. The molecule has 2 aliphatic rings. The van der Waals surface area contributed by atoms with Crippen molar-refractivity contribution < 1.29 is 14.7 Å². The number of hydrogen-bond donors (Lipinski definition) is 2. The van der Waals surface area contributed by atoms with Gasteiger partial charge in [0.25, 0.3) is 5.91 Å². The smallest absolute Gasteiger partial charge is 0.261 e. The number of rotatable bonds is 2. The quantitative estimate of drug-likeness (QED) is 0.796. The number of nitrogens with zero attached hydrogens (tertiary/aromatic N) is 1. The Kier molecular flexibility index (Phi) is 3.23. The Labute approximate surface area is 120 Å². The average Bonchev–Trinajstić information content (AvgIpc) is 2.72. The number of amides is 1. The second-order valence-corrected chi connectivity index (χ2v) is 5.21. The molecule has 5 nitrogen and oxygen atoms in total. The Hall–Kier alpha value is -1.85. The van der Waals surface area contributed by atoms with Crippen LogP contribution in [0.15, 0.2) is 35.7 Å². The summed E-state index contributed by atoms with van der Waals surface area (Å²) in [4.78, 5) is 25.9. The van der Waals surface area contributed by atoms with E-state index in [9.17, 15) is 14.7 Å². The molecule has 0 radical (unpaired) electrons.